The van der Waals surface area contributed by atoms with Crippen LogP contribution < -0.4 is 34.7 Å². The van der Waals surface area contributed by atoms with Crippen LogP contribution in [0.4, 0.5) is 0 Å². The number of hydrogen-bond donors (Lipinski definition) is 0. The molecule has 1 saturated heterocycles. The second-order valence-corrected chi connectivity index (χ2v) is 4.65. The molecular weight excluding hydrogens is 257 g/mol. The van der Waals surface area contributed by atoms with Gasteiger partial charge in [-0.15, -0.1) is 0 Å². The van der Waals surface area contributed by atoms with Crippen LogP contribution in [0.1, 0.15) is 13.3 Å². The van der Waals surface area contributed by atoms with Crippen LogP contribution in [0.25, 0.3) is 0 Å². The molecule has 1 amide bonds. The van der Waals surface area contributed by atoms with E-state index in [4.69, 9.17) is 4.74 Å². The third kappa shape index (κ3) is 2.67. The molecular formula is C9H8NNaO5S. The van der Waals surface area contributed by atoms with E-state index in [1.54, 1.807) is 0 Å². The predicted octanol–water partition coefficient (Wildman–Crippen LogP) is -4.18. The summed E-state index contributed by atoms with van der Waals surface area (Å²) < 4.78 is 4.72. The molecule has 86 valence electrons. The van der Waals surface area contributed by atoms with E-state index in [0.29, 0.717) is 11.3 Å². The fourth-order valence-corrected chi connectivity index (χ4v) is 2.89. The van der Waals surface area contributed by atoms with Gasteiger partial charge < -0.3 is 14.6 Å². The van der Waals surface area contributed by atoms with Crippen LogP contribution in [0.3, 0.4) is 0 Å². The van der Waals surface area contributed by atoms with Gasteiger partial charge in [-0.3, -0.25) is 14.5 Å². The first-order chi connectivity index (χ1) is 7.50. The molecule has 0 aromatic heterocycles. The normalized spacial score (nSPS) is 21.6. The first-order valence-corrected chi connectivity index (χ1v) is 5.45. The average molecular weight is 265 g/mol. The second kappa shape index (κ2) is 5.43. The molecule has 0 bridgehead atoms. The monoisotopic (exact) mass is 265 g/mol. The molecule has 2 heterocycles. The minimum atomic E-state index is -1.41. The molecule has 0 spiro atoms. The van der Waals surface area contributed by atoms with Crippen LogP contribution in [0.15, 0.2) is 10.6 Å². The van der Waals surface area contributed by atoms with Crippen molar-refractivity contribution in [2.75, 3.05) is 6.61 Å². The van der Waals surface area contributed by atoms with Gasteiger partial charge in [0.15, 0.2) is 0 Å². The molecule has 2 aliphatic heterocycles. The van der Waals surface area contributed by atoms with Gasteiger partial charge in [-0.2, -0.15) is 0 Å². The molecule has 8 heteroatoms. The van der Waals surface area contributed by atoms with E-state index in [9.17, 15) is 19.5 Å². The zero-order valence-corrected chi connectivity index (χ0v) is 12.2. The number of rotatable bonds is 3. The standard InChI is InChI=1S/C9H9NO5S.Na/c1-4(11)15-3-5-8(9(13)14)10-6(12)2-7(10)16-5;/h7H,2-3H2,1H3,(H,13,14);/q;+1/p-1/t7-;/m1./s1. The van der Waals surface area contributed by atoms with Crippen molar-refractivity contribution in [3.05, 3.63) is 10.6 Å². The van der Waals surface area contributed by atoms with Crippen LogP contribution in [0.5, 0.6) is 0 Å². The average Bonchev–Trinajstić information content (AvgIpc) is 2.47. The van der Waals surface area contributed by atoms with Gasteiger partial charge in [-0.05, 0) is 0 Å². The van der Waals surface area contributed by atoms with Gasteiger partial charge >= 0.3 is 35.5 Å². The number of carboxylic acid groups (broad SMARTS) is 1. The number of nitrogens with zero attached hydrogens (tertiary/aromatic N) is 1. The first-order valence-electron chi connectivity index (χ1n) is 4.57. The number of esters is 1. The number of thioether (sulfide) groups is 1. The van der Waals surface area contributed by atoms with Crippen molar-refractivity contribution in [2.45, 2.75) is 18.7 Å². The van der Waals surface area contributed by atoms with Gasteiger partial charge in [-0.1, -0.05) is 11.8 Å². The zero-order valence-electron chi connectivity index (χ0n) is 9.39. The Kier molecular flexibility index (Phi) is 4.65. The van der Waals surface area contributed by atoms with Gasteiger partial charge in [0.2, 0.25) is 5.91 Å². The Labute approximate surface area is 124 Å². The van der Waals surface area contributed by atoms with Crippen molar-refractivity contribution < 1.29 is 53.8 Å². The number of aliphatic carboxylic acids is 1. The Hall–Kier alpha value is -0.500. The quantitative estimate of drug-likeness (QED) is 0.292. The third-order valence-electron chi connectivity index (χ3n) is 2.29. The minimum absolute atomic E-state index is 0. The molecule has 17 heavy (non-hydrogen) atoms. The summed E-state index contributed by atoms with van der Waals surface area (Å²) in [6, 6.07) is 0. The summed E-state index contributed by atoms with van der Waals surface area (Å²) in [5, 5.41) is 10.7. The second-order valence-electron chi connectivity index (χ2n) is 3.38. The van der Waals surface area contributed by atoms with E-state index in [1.165, 1.54) is 23.6 Å². The Morgan fingerprint density at radius 2 is 2.24 bits per heavy atom. The van der Waals surface area contributed by atoms with Crippen molar-refractivity contribution in [3.63, 3.8) is 0 Å². The van der Waals surface area contributed by atoms with E-state index < -0.39 is 11.9 Å². The molecule has 2 aliphatic rings. The Morgan fingerprint density at radius 1 is 1.59 bits per heavy atom. The summed E-state index contributed by atoms with van der Waals surface area (Å²) in [5.41, 5.74) is -0.160. The summed E-state index contributed by atoms with van der Waals surface area (Å²) in [7, 11) is 0. The van der Waals surface area contributed by atoms with Crippen molar-refractivity contribution in [3.8, 4) is 0 Å². The molecule has 0 saturated carbocycles. The number of hydrogen-bond acceptors (Lipinski definition) is 6. The number of carbonyl (C=O) groups is 3. The van der Waals surface area contributed by atoms with E-state index in [-0.39, 0.29) is 53.1 Å². The van der Waals surface area contributed by atoms with Crippen molar-refractivity contribution in [1.29, 1.82) is 0 Å². The fraction of sp³-hybridized carbons (Fsp3) is 0.444. The minimum Gasteiger partial charge on any atom is -0.543 e. The maximum atomic E-state index is 11.2. The number of carbonyl (C=O) groups excluding carboxylic acids is 3. The molecule has 0 radical (unpaired) electrons. The smallest absolute Gasteiger partial charge is 0.543 e. The van der Waals surface area contributed by atoms with Gasteiger partial charge in [0.25, 0.3) is 0 Å². The molecule has 0 aromatic carbocycles. The summed E-state index contributed by atoms with van der Waals surface area (Å²) >= 11 is 1.23. The molecule has 0 aromatic rings. The molecule has 6 nitrogen and oxygen atoms in total. The predicted molar refractivity (Wildman–Crippen MR) is 51.5 cm³/mol. The van der Waals surface area contributed by atoms with Gasteiger partial charge in [-0.25, -0.2) is 0 Å². The van der Waals surface area contributed by atoms with E-state index in [1.807, 2.05) is 0 Å². The van der Waals surface area contributed by atoms with Gasteiger partial charge in [0.1, 0.15) is 6.61 Å². The first kappa shape index (κ1) is 14.6. The third-order valence-corrected chi connectivity index (χ3v) is 3.53. The van der Waals surface area contributed by atoms with Crippen LogP contribution in [0, 0.1) is 0 Å². The maximum Gasteiger partial charge on any atom is 1.00 e. The van der Waals surface area contributed by atoms with E-state index in [0.717, 1.165) is 0 Å². The van der Waals surface area contributed by atoms with Crippen LogP contribution in [0.2, 0.25) is 0 Å². The SMILES string of the molecule is CC(=O)OCC1=C(C(=O)[O-])N2C(=O)C[C@H]2S1.[Na+]. The van der Waals surface area contributed by atoms with Gasteiger partial charge in [0, 0.05) is 6.92 Å². The number of β-lactam (4-membered cyclic amide) rings is 1. The van der Waals surface area contributed by atoms with Crippen LogP contribution in [-0.4, -0.2) is 34.7 Å². The maximum absolute atomic E-state index is 11.2. The van der Waals surface area contributed by atoms with Crippen LogP contribution >= 0.6 is 11.8 Å². The number of amides is 1. The topological polar surface area (TPSA) is 86.7 Å². The molecule has 0 N–H and O–H groups in total. The number of carboxylic acids is 1. The summed E-state index contributed by atoms with van der Waals surface area (Å²) in [6.07, 6.45) is 0.311. The summed E-state index contributed by atoms with van der Waals surface area (Å²) in [6.45, 7) is 1.11. The number of fused-ring (bicyclic) bond motifs is 1. The molecule has 1 atom stereocenters. The summed E-state index contributed by atoms with van der Waals surface area (Å²) in [4.78, 5) is 34.2. The van der Waals surface area contributed by atoms with E-state index >= 15 is 0 Å². The van der Waals surface area contributed by atoms with Crippen LogP contribution in [-0.2, 0) is 19.1 Å². The zero-order chi connectivity index (χ0) is 11.9. The molecule has 1 fully saturated rings. The Balaban J connectivity index is 0.00000144. The Bertz CT molecular complexity index is 422. The summed E-state index contributed by atoms with van der Waals surface area (Å²) in [5.74, 6) is -2.15. The molecule has 2 rings (SSSR count). The van der Waals surface area contributed by atoms with Gasteiger partial charge in [0.05, 0.1) is 28.4 Å². The Morgan fingerprint density at radius 3 is 2.71 bits per heavy atom. The van der Waals surface area contributed by atoms with Crippen molar-refractivity contribution in [2.24, 2.45) is 0 Å². The van der Waals surface area contributed by atoms with E-state index in [2.05, 4.69) is 0 Å². The molecule has 0 aliphatic carbocycles. The number of ether oxygens (including phenoxy) is 1. The van der Waals surface area contributed by atoms with Crippen molar-refractivity contribution >= 4 is 29.6 Å². The molecule has 0 unspecified atom stereocenters. The largest absolute Gasteiger partial charge is 1.00 e. The van der Waals surface area contributed by atoms with Crippen molar-refractivity contribution in [1.82, 2.24) is 4.90 Å². The fourth-order valence-electron chi connectivity index (χ4n) is 1.59.